The first kappa shape index (κ1) is 12.9. The fourth-order valence-corrected chi connectivity index (χ4v) is 2.96. The molecule has 1 aromatic carbocycles. The van der Waals surface area contributed by atoms with Crippen molar-refractivity contribution in [3.8, 4) is 0 Å². The molecule has 1 N–H and O–H groups in total. The van der Waals surface area contributed by atoms with E-state index in [1.807, 2.05) is 23.9 Å². The van der Waals surface area contributed by atoms with Gasteiger partial charge in [0, 0.05) is 16.7 Å². The van der Waals surface area contributed by atoms with Crippen LogP contribution in [0.2, 0.25) is 0 Å². The summed E-state index contributed by atoms with van der Waals surface area (Å²) in [5.41, 5.74) is 0. The number of hydrogen-bond acceptors (Lipinski definition) is 2. The molecular weight excluding hydrogens is 233 g/mol. The van der Waals surface area contributed by atoms with E-state index in [2.05, 4.69) is 12.2 Å². The van der Waals surface area contributed by atoms with Gasteiger partial charge in [0.1, 0.15) is 5.82 Å². The predicted molar refractivity (Wildman–Crippen MR) is 71.9 cm³/mol. The minimum atomic E-state index is -0.157. The zero-order valence-electron chi connectivity index (χ0n) is 10.3. The number of benzene rings is 1. The Bertz CT molecular complexity index is 335. The monoisotopic (exact) mass is 253 g/mol. The molecule has 1 aliphatic rings. The van der Waals surface area contributed by atoms with Crippen molar-refractivity contribution >= 4 is 11.8 Å². The number of halogens is 1. The van der Waals surface area contributed by atoms with Gasteiger partial charge in [0.25, 0.3) is 0 Å². The van der Waals surface area contributed by atoms with E-state index >= 15 is 0 Å². The highest BCUT2D eigenvalue weighted by molar-refractivity contribution is 7.99. The Labute approximate surface area is 107 Å². The van der Waals surface area contributed by atoms with Crippen LogP contribution in [0.5, 0.6) is 0 Å². The molecule has 1 fully saturated rings. The Balaban J connectivity index is 1.78. The van der Waals surface area contributed by atoms with Crippen molar-refractivity contribution < 1.29 is 4.39 Å². The normalized spacial score (nSPS) is 17.1. The lowest BCUT2D eigenvalue weighted by Gasteiger charge is -2.17. The second-order valence-electron chi connectivity index (χ2n) is 4.70. The summed E-state index contributed by atoms with van der Waals surface area (Å²) in [6.45, 7) is 3.18. The summed E-state index contributed by atoms with van der Waals surface area (Å²) >= 11 is 1.82. The van der Waals surface area contributed by atoms with Gasteiger partial charge in [-0.05, 0) is 43.1 Å². The van der Waals surface area contributed by atoms with E-state index in [0.29, 0.717) is 6.04 Å². The summed E-state index contributed by atoms with van der Waals surface area (Å²) in [7, 11) is 0. The maximum atomic E-state index is 12.8. The van der Waals surface area contributed by atoms with Crippen LogP contribution in [0.25, 0.3) is 0 Å². The zero-order valence-corrected chi connectivity index (χ0v) is 11.1. The molecule has 1 unspecified atom stereocenters. The molecule has 1 nitrogen and oxygen atoms in total. The first-order chi connectivity index (χ1) is 8.28. The van der Waals surface area contributed by atoms with Crippen LogP contribution in [0.4, 0.5) is 4.39 Å². The Morgan fingerprint density at radius 1 is 1.35 bits per heavy atom. The highest BCUT2D eigenvalue weighted by Gasteiger charge is 2.24. The van der Waals surface area contributed by atoms with E-state index in [9.17, 15) is 4.39 Å². The third-order valence-electron chi connectivity index (χ3n) is 3.07. The third kappa shape index (κ3) is 4.68. The molecule has 0 heterocycles. The summed E-state index contributed by atoms with van der Waals surface area (Å²) in [5.74, 6) is 1.87. The van der Waals surface area contributed by atoms with Gasteiger partial charge in [-0.15, -0.1) is 11.8 Å². The molecular formula is C14H20FNS. The van der Waals surface area contributed by atoms with Crippen molar-refractivity contribution in [2.75, 3.05) is 12.3 Å². The third-order valence-corrected chi connectivity index (χ3v) is 4.25. The van der Waals surface area contributed by atoms with Crippen LogP contribution < -0.4 is 5.32 Å². The van der Waals surface area contributed by atoms with E-state index in [4.69, 9.17) is 0 Å². The predicted octanol–water partition coefficient (Wildman–Crippen LogP) is 3.70. The van der Waals surface area contributed by atoms with Crippen molar-refractivity contribution in [3.63, 3.8) is 0 Å². The molecule has 0 saturated heterocycles. The average molecular weight is 253 g/mol. The fraction of sp³-hybridized carbons (Fsp3) is 0.571. The van der Waals surface area contributed by atoms with Crippen molar-refractivity contribution in [1.82, 2.24) is 5.32 Å². The molecule has 0 aliphatic heterocycles. The van der Waals surface area contributed by atoms with Gasteiger partial charge in [0.2, 0.25) is 0 Å². The van der Waals surface area contributed by atoms with E-state index in [0.717, 1.165) is 23.1 Å². The molecule has 0 aromatic heterocycles. The molecule has 1 aliphatic carbocycles. The maximum absolute atomic E-state index is 12.8. The summed E-state index contributed by atoms with van der Waals surface area (Å²) in [5, 5.41) is 3.54. The summed E-state index contributed by atoms with van der Waals surface area (Å²) < 4.78 is 12.8. The molecule has 0 radical (unpaired) electrons. The van der Waals surface area contributed by atoms with Gasteiger partial charge >= 0.3 is 0 Å². The summed E-state index contributed by atoms with van der Waals surface area (Å²) in [6.07, 6.45) is 4.11. The summed E-state index contributed by atoms with van der Waals surface area (Å²) in [6, 6.07) is 7.39. The lowest BCUT2D eigenvalue weighted by Crippen LogP contribution is -2.31. The Kier molecular flexibility index (Phi) is 4.86. The van der Waals surface area contributed by atoms with E-state index in [-0.39, 0.29) is 5.82 Å². The molecule has 94 valence electrons. The topological polar surface area (TPSA) is 12.0 Å². The standard InChI is InChI=1S/C14H20FNS/c1-2-16-13(9-11-3-4-11)10-17-14-7-5-12(15)6-8-14/h5-8,11,13,16H,2-4,9-10H2,1H3. The number of nitrogens with one attached hydrogen (secondary N) is 1. The second kappa shape index (κ2) is 6.41. The SMILES string of the molecule is CCNC(CSc1ccc(F)cc1)CC1CC1. The summed E-state index contributed by atoms with van der Waals surface area (Å²) in [4.78, 5) is 1.16. The van der Waals surface area contributed by atoms with Crippen molar-refractivity contribution in [2.45, 2.75) is 37.1 Å². The molecule has 2 rings (SSSR count). The number of hydrogen-bond donors (Lipinski definition) is 1. The molecule has 0 bridgehead atoms. The van der Waals surface area contributed by atoms with Gasteiger partial charge in [-0.2, -0.15) is 0 Å². The lowest BCUT2D eigenvalue weighted by molar-refractivity contribution is 0.508. The van der Waals surface area contributed by atoms with Crippen molar-refractivity contribution in [3.05, 3.63) is 30.1 Å². The highest BCUT2D eigenvalue weighted by Crippen LogP contribution is 2.34. The van der Waals surface area contributed by atoms with Gasteiger partial charge < -0.3 is 5.32 Å². The van der Waals surface area contributed by atoms with Crippen LogP contribution in [0.3, 0.4) is 0 Å². The molecule has 3 heteroatoms. The second-order valence-corrected chi connectivity index (χ2v) is 5.79. The molecule has 1 aromatic rings. The van der Waals surface area contributed by atoms with Gasteiger partial charge in [0.15, 0.2) is 0 Å². The van der Waals surface area contributed by atoms with Crippen molar-refractivity contribution in [1.29, 1.82) is 0 Å². The van der Waals surface area contributed by atoms with Gasteiger partial charge in [-0.25, -0.2) is 4.39 Å². The molecule has 0 spiro atoms. The first-order valence-electron chi connectivity index (χ1n) is 6.39. The van der Waals surface area contributed by atoms with Crippen LogP contribution in [-0.2, 0) is 0 Å². The fourth-order valence-electron chi connectivity index (χ4n) is 1.98. The quantitative estimate of drug-likeness (QED) is 0.744. The van der Waals surface area contributed by atoms with Crippen LogP contribution in [0.15, 0.2) is 29.2 Å². The van der Waals surface area contributed by atoms with Crippen LogP contribution in [0.1, 0.15) is 26.2 Å². The maximum Gasteiger partial charge on any atom is 0.123 e. The van der Waals surface area contributed by atoms with E-state index in [1.54, 1.807) is 0 Å². The molecule has 0 amide bonds. The number of thioether (sulfide) groups is 1. The largest absolute Gasteiger partial charge is 0.313 e. The Morgan fingerprint density at radius 3 is 2.65 bits per heavy atom. The zero-order chi connectivity index (χ0) is 12.1. The lowest BCUT2D eigenvalue weighted by atomic mass is 10.1. The smallest absolute Gasteiger partial charge is 0.123 e. The number of rotatable bonds is 7. The highest BCUT2D eigenvalue weighted by atomic mass is 32.2. The van der Waals surface area contributed by atoms with Gasteiger partial charge in [-0.1, -0.05) is 19.8 Å². The average Bonchev–Trinajstić information content (AvgIpc) is 3.12. The first-order valence-corrected chi connectivity index (χ1v) is 7.38. The molecule has 1 atom stereocenters. The van der Waals surface area contributed by atoms with Crippen LogP contribution >= 0.6 is 11.8 Å². The van der Waals surface area contributed by atoms with E-state index < -0.39 is 0 Å². The minimum absolute atomic E-state index is 0.157. The molecule has 17 heavy (non-hydrogen) atoms. The molecule has 1 saturated carbocycles. The Morgan fingerprint density at radius 2 is 2.06 bits per heavy atom. The van der Waals surface area contributed by atoms with Crippen LogP contribution in [0, 0.1) is 11.7 Å². The Hall–Kier alpha value is -0.540. The van der Waals surface area contributed by atoms with E-state index in [1.165, 1.54) is 31.4 Å². The van der Waals surface area contributed by atoms with Gasteiger partial charge in [0.05, 0.1) is 0 Å². The van der Waals surface area contributed by atoms with Gasteiger partial charge in [-0.3, -0.25) is 0 Å². The minimum Gasteiger partial charge on any atom is -0.313 e. The van der Waals surface area contributed by atoms with Crippen LogP contribution in [-0.4, -0.2) is 18.3 Å². The van der Waals surface area contributed by atoms with Crippen molar-refractivity contribution in [2.24, 2.45) is 5.92 Å².